The average Bonchev–Trinajstić information content (AvgIpc) is 3.31. The molecule has 0 aromatic rings. The van der Waals surface area contributed by atoms with Gasteiger partial charge in [0, 0.05) is 39.6 Å². The first-order chi connectivity index (χ1) is 12.7. The predicted molar refractivity (Wildman–Crippen MR) is 91.2 cm³/mol. The molecule has 28 heavy (non-hydrogen) atoms. The van der Waals surface area contributed by atoms with E-state index in [0.29, 0.717) is 0 Å². The van der Waals surface area contributed by atoms with Crippen molar-refractivity contribution >= 4 is 0 Å². The average molecular weight is 547 g/mol. The molecular formula is C12H24N3NdO12. The number of rotatable bonds is 0. The molecule has 3 aliphatic heterocycles. The summed E-state index contributed by atoms with van der Waals surface area (Å²) in [6, 6.07) is 0. The second-order valence-corrected chi connectivity index (χ2v) is 4.63. The fourth-order valence-electron chi connectivity index (χ4n) is 1.53. The Hall–Kier alpha value is -1.17. The van der Waals surface area contributed by atoms with Crippen molar-refractivity contribution in [2.45, 2.75) is 38.5 Å². The van der Waals surface area contributed by atoms with Crippen LogP contribution in [0.2, 0.25) is 0 Å². The molecule has 163 valence electrons. The number of ether oxygens (including phenoxy) is 3. The van der Waals surface area contributed by atoms with Gasteiger partial charge in [-0.1, -0.05) is 0 Å². The van der Waals surface area contributed by atoms with Crippen LogP contribution in [0.4, 0.5) is 0 Å². The van der Waals surface area contributed by atoms with Gasteiger partial charge in [-0.05, 0) is 38.5 Å². The molecule has 0 aromatic heterocycles. The first-order valence-electron chi connectivity index (χ1n) is 7.88. The fraction of sp³-hybridized carbons (Fsp3) is 1.00. The molecule has 16 heteroatoms. The van der Waals surface area contributed by atoms with Crippen LogP contribution in [-0.4, -0.2) is 54.9 Å². The smallest absolute Gasteiger partial charge is 0.381 e. The standard InChI is InChI=1S/3C4H8O.3NO3.Nd/c3*1-2-4-5-3-1;3*2-1(3)4;/h3*1-4H2;;;;/q;;;3*-1;+3. The summed E-state index contributed by atoms with van der Waals surface area (Å²) in [7, 11) is 0. The molecule has 0 unspecified atom stereocenters. The van der Waals surface area contributed by atoms with Crippen molar-refractivity contribution in [3.05, 3.63) is 46.0 Å². The van der Waals surface area contributed by atoms with Crippen LogP contribution in [0.3, 0.4) is 0 Å². The van der Waals surface area contributed by atoms with E-state index in [9.17, 15) is 0 Å². The molecule has 3 aliphatic rings. The van der Waals surface area contributed by atoms with Gasteiger partial charge in [-0.3, -0.25) is 0 Å². The summed E-state index contributed by atoms with van der Waals surface area (Å²) in [6.45, 7) is 6.00. The van der Waals surface area contributed by atoms with E-state index in [2.05, 4.69) is 0 Å². The zero-order valence-electron chi connectivity index (χ0n) is 15.2. The number of hydrogen-bond acceptors (Lipinski definition) is 12. The molecule has 0 N–H and O–H groups in total. The Kier molecular flexibility index (Phi) is 37.5. The maximum atomic E-state index is 8.25. The van der Waals surface area contributed by atoms with E-state index in [1.807, 2.05) is 0 Å². The Labute approximate surface area is 193 Å². The van der Waals surface area contributed by atoms with Crippen LogP contribution in [0.1, 0.15) is 38.5 Å². The van der Waals surface area contributed by atoms with Gasteiger partial charge in [0.25, 0.3) is 0 Å². The summed E-state index contributed by atoms with van der Waals surface area (Å²) in [5.41, 5.74) is 0. The number of hydrogen-bond donors (Lipinski definition) is 0. The SMILES string of the molecule is C1CCOC1.C1CCOC1.C1CCOC1.O=[N+]([O-])[O-].O=[N+]([O-])[O-].O=[N+]([O-])[O-].[Nd+3]. The van der Waals surface area contributed by atoms with Gasteiger partial charge in [0.1, 0.15) is 0 Å². The summed E-state index contributed by atoms with van der Waals surface area (Å²) >= 11 is 0. The third-order valence-corrected chi connectivity index (χ3v) is 2.48. The van der Waals surface area contributed by atoms with Crippen LogP contribution in [0.5, 0.6) is 0 Å². The summed E-state index contributed by atoms with van der Waals surface area (Å²) in [4.78, 5) is 24.8. The second kappa shape index (κ2) is 30.6. The molecule has 1 radical (unpaired) electrons. The summed E-state index contributed by atoms with van der Waals surface area (Å²) in [5.74, 6) is 0. The topological polar surface area (TPSA) is 226 Å². The minimum atomic E-state index is -1.75. The molecule has 0 atom stereocenters. The minimum Gasteiger partial charge on any atom is -0.381 e. The Morgan fingerprint density at radius 2 is 0.536 bits per heavy atom. The van der Waals surface area contributed by atoms with Crippen LogP contribution >= 0.6 is 0 Å². The molecule has 0 amide bonds. The van der Waals surface area contributed by atoms with E-state index in [0.717, 1.165) is 39.6 Å². The monoisotopic (exact) mass is 544 g/mol. The largest absolute Gasteiger partial charge is 3.00 e. The first-order valence-corrected chi connectivity index (χ1v) is 7.88. The van der Waals surface area contributed by atoms with Crippen LogP contribution < -0.4 is 0 Å². The Morgan fingerprint density at radius 3 is 0.571 bits per heavy atom. The summed E-state index contributed by atoms with van der Waals surface area (Å²) < 4.78 is 14.8. The molecule has 3 saturated heterocycles. The van der Waals surface area contributed by atoms with E-state index in [-0.39, 0.29) is 40.8 Å². The Balaban J connectivity index is -0.000000123. The molecule has 0 spiro atoms. The predicted octanol–water partition coefficient (Wildman–Crippen LogP) is 1.67. The molecular weight excluding hydrogens is 522 g/mol. The van der Waals surface area contributed by atoms with Gasteiger partial charge >= 0.3 is 40.8 Å². The molecule has 0 bridgehead atoms. The fourth-order valence-corrected chi connectivity index (χ4v) is 1.53. The summed E-state index contributed by atoms with van der Waals surface area (Å²) in [6.07, 6.45) is 7.67. The molecule has 0 saturated carbocycles. The van der Waals surface area contributed by atoms with Gasteiger partial charge in [0.2, 0.25) is 0 Å². The molecule has 3 fully saturated rings. The minimum absolute atomic E-state index is 0. The van der Waals surface area contributed by atoms with E-state index < -0.39 is 15.3 Å². The van der Waals surface area contributed by atoms with E-state index in [1.165, 1.54) is 38.5 Å². The quantitative estimate of drug-likeness (QED) is 0.312. The van der Waals surface area contributed by atoms with Crippen LogP contribution in [-0.2, 0) is 14.2 Å². The van der Waals surface area contributed by atoms with Crippen molar-refractivity contribution in [1.29, 1.82) is 0 Å². The molecule has 0 aliphatic carbocycles. The Bertz CT molecular complexity index is 266. The van der Waals surface area contributed by atoms with Gasteiger partial charge in [0.15, 0.2) is 0 Å². The van der Waals surface area contributed by atoms with Crippen molar-refractivity contribution in [1.82, 2.24) is 0 Å². The van der Waals surface area contributed by atoms with Crippen molar-refractivity contribution in [3.63, 3.8) is 0 Å². The summed E-state index contributed by atoms with van der Waals surface area (Å²) in [5, 5.41) is 44.2. The molecule has 3 heterocycles. The van der Waals surface area contributed by atoms with Crippen molar-refractivity contribution < 1.29 is 70.3 Å². The van der Waals surface area contributed by atoms with Crippen molar-refractivity contribution in [2.24, 2.45) is 0 Å². The maximum absolute atomic E-state index is 8.25. The molecule has 0 aromatic carbocycles. The van der Waals surface area contributed by atoms with E-state index in [4.69, 9.17) is 60.2 Å². The zero-order chi connectivity index (χ0) is 21.3. The van der Waals surface area contributed by atoms with Gasteiger partial charge < -0.3 is 60.2 Å². The van der Waals surface area contributed by atoms with Crippen LogP contribution in [0.25, 0.3) is 0 Å². The molecule has 15 nitrogen and oxygen atoms in total. The van der Waals surface area contributed by atoms with Gasteiger partial charge in [-0.15, -0.1) is 0 Å². The Morgan fingerprint density at radius 1 is 0.429 bits per heavy atom. The van der Waals surface area contributed by atoms with Gasteiger partial charge in [-0.2, -0.15) is 0 Å². The third-order valence-electron chi connectivity index (χ3n) is 2.48. The first kappa shape index (κ1) is 34.3. The van der Waals surface area contributed by atoms with E-state index in [1.54, 1.807) is 0 Å². The van der Waals surface area contributed by atoms with E-state index >= 15 is 0 Å². The van der Waals surface area contributed by atoms with Crippen molar-refractivity contribution in [2.75, 3.05) is 39.6 Å². The third kappa shape index (κ3) is 73.7. The van der Waals surface area contributed by atoms with Gasteiger partial charge in [-0.25, -0.2) is 0 Å². The maximum Gasteiger partial charge on any atom is 3.00 e. The zero-order valence-corrected chi connectivity index (χ0v) is 18.4. The van der Waals surface area contributed by atoms with Crippen LogP contribution in [0, 0.1) is 86.8 Å². The normalized spacial score (nSPS) is 15.4. The second-order valence-electron chi connectivity index (χ2n) is 4.63. The number of nitrogens with zero attached hydrogens (tertiary/aromatic N) is 3. The van der Waals surface area contributed by atoms with Gasteiger partial charge in [0.05, 0.1) is 15.3 Å². The van der Waals surface area contributed by atoms with Crippen LogP contribution in [0.15, 0.2) is 0 Å². The van der Waals surface area contributed by atoms with Crippen molar-refractivity contribution in [3.8, 4) is 0 Å². The molecule has 3 rings (SSSR count).